The number of carbonyl (C=O) groups is 1. The highest BCUT2D eigenvalue weighted by molar-refractivity contribution is 5.92. The average molecular weight is 302 g/mol. The van der Waals surface area contributed by atoms with Crippen LogP contribution < -0.4 is 4.90 Å². The van der Waals surface area contributed by atoms with E-state index in [9.17, 15) is 4.79 Å². The standard InChI is InChI=1S/C18H26N2O2/c1-13-14(2)16(6-5-15(13)17(21)22-4)20-11-18(12-20)7-9-19(3)10-8-18/h5-6H,7-12H2,1-4H3. The molecule has 120 valence electrons. The quantitative estimate of drug-likeness (QED) is 0.786. The molecule has 0 aromatic heterocycles. The number of ether oxygens (including phenoxy) is 1. The minimum Gasteiger partial charge on any atom is -0.465 e. The van der Waals surface area contributed by atoms with E-state index >= 15 is 0 Å². The molecule has 1 spiro atoms. The molecule has 0 radical (unpaired) electrons. The normalized spacial score (nSPS) is 20.8. The van der Waals surface area contributed by atoms with Crippen molar-refractivity contribution >= 4 is 11.7 Å². The van der Waals surface area contributed by atoms with Gasteiger partial charge in [-0.1, -0.05) is 0 Å². The van der Waals surface area contributed by atoms with Crippen molar-refractivity contribution in [1.82, 2.24) is 4.90 Å². The number of anilines is 1. The van der Waals surface area contributed by atoms with E-state index in [2.05, 4.69) is 29.8 Å². The largest absolute Gasteiger partial charge is 0.465 e. The molecule has 0 aliphatic carbocycles. The summed E-state index contributed by atoms with van der Waals surface area (Å²) in [6.45, 7) is 8.85. The first kappa shape index (κ1) is 15.3. The Morgan fingerprint density at radius 1 is 1.14 bits per heavy atom. The van der Waals surface area contributed by atoms with Gasteiger partial charge in [-0.25, -0.2) is 4.79 Å². The van der Waals surface area contributed by atoms with Crippen LogP contribution in [0, 0.1) is 19.3 Å². The zero-order chi connectivity index (χ0) is 15.9. The van der Waals surface area contributed by atoms with Gasteiger partial charge in [0.2, 0.25) is 0 Å². The SMILES string of the molecule is COC(=O)c1ccc(N2CC3(CCN(C)CC3)C2)c(C)c1C. The van der Waals surface area contributed by atoms with Crippen molar-refractivity contribution in [3.63, 3.8) is 0 Å². The van der Waals surface area contributed by atoms with Gasteiger partial charge in [-0.05, 0) is 70.1 Å². The first-order chi connectivity index (χ1) is 10.5. The summed E-state index contributed by atoms with van der Waals surface area (Å²) in [4.78, 5) is 16.7. The molecule has 4 heteroatoms. The molecular formula is C18H26N2O2. The molecule has 4 nitrogen and oxygen atoms in total. The number of nitrogens with zero attached hydrogens (tertiary/aromatic N) is 2. The lowest BCUT2D eigenvalue weighted by atomic mass is 9.71. The van der Waals surface area contributed by atoms with Crippen molar-refractivity contribution in [2.75, 3.05) is 45.2 Å². The highest BCUT2D eigenvalue weighted by Crippen LogP contribution is 2.43. The summed E-state index contributed by atoms with van der Waals surface area (Å²) in [5.41, 5.74) is 4.71. The van der Waals surface area contributed by atoms with Crippen LogP contribution in [-0.4, -0.2) is 51.2 Å². The summed E-state index contributed by atoms with van der Waals surface area (Å²) >= 11 is 0. The van der Waals surface area contributed by atoms with Gasteiger partial charge in [-0.15, -0.1) is 0 Å². The second-order valence-corrected chi connectivity index (χ2v) is 7.03. The number of likely N-dealkylation sites (tertiary alicyclic amines) is 1. The van der Waals surface area contributed by atoms with Gasteiger partial charge in [0.25, 0.3) is 0 Å². The van der Waals surface area contributed by atoms with Crippen LogP contribution in [0.3, 0.4) is 0 Å². The molecule has 0 bridgehead atoms. The van der Waals surface area contributed by atoms with Gasteiger partial charge in [0, 0.05) is 24.2 Å². The molecular weight excluding hydrogens is 276 g/mol. The van der Waals surface area contributed by atoms with Gasteiger partial charge in [0.1, 0.15) is 0 Å². The predicted molar refractivity (Wildman–Crippen MR) is 88.6 cm³/mol. The molecule has 0 saturated carbocycles. The first-order valence-corrected chi connectivity index (χ1v) is 8.08. The minimum absolute atomic E-state index is 0.248. The Bertz CT molecular complexity index is 581. The summed E-state index contributed by atoms with van der Waals surface area (Å²) in [6.07, 6.45) is 2.61. The second kappa shape index (κ2) is 5.58. The molecule has 1 aromatic carbocycles. The van der Waals surface area contributed by atoms with Crippen LogP contribution in [0.25, 0.3) is 0 Å². The number of carbonyl (C=O) groups excluding carboxylic acids is 1. The van der Waals surface area contributed by atoms with E-state index in [0.29, 0.717) is 11.0 Å². The van der Waals surface area contributed by atoms with Crippen LogP contribution in [0.4, 0.5) is 5.69 Å². The van der Waals surface area contributed by atoms with Crippen molar-refractivity contribution < 1.29 is 9.53 Å². The van der Waals surface area contributed by atoms with Gasteiger partial charge in [0.15, 0.2) is 0 Å². The summed E-state index contributed by atoms with van der Waals surface area (Å²) in [5, 5.41) is 0. The van der Waals surface area contributed by atoms with E-state index in [4.69, 9.17) is 4.74 Å². The smallest absolute Gasteiger partial charge is 0.338 e. The third kappa shape index (κ3) is 2.50. The Morgan fingerprint density at radius 2 is 1.77 bits per heavy atom. The fourth-order valence-electron chi connectivity index (χ4n) is 3.82. The zero-order valence-corrected chi connectivity index (χ0v) is 14.1. The number of rotatable bonds is 2. The molecule has 3 rings (SSSR count). The van der Waals surface area contributed by atoms with E-state index in [-0.39, 0.29) is 5.97 Å². The van der Waals surface area contributed by atoms with Crippen molar-refractivity contribution in [3.05, 3.63) is 28.8 Å². The van der Waals surface area contributed by atoms with Gasteiger partial charge in [-0.2, -0.15) is 0 Å². The summed E-state index contributed by atoms with van der Waals surface area (Å²) in [6, 6.07) is 3.99. The lowest BCUT2D eigenvalue weighted by Gasteiger charge is -2.55. The van der Waals surface area contributed by atoms with Crippen molar-refractivity contribution in [1.29, 1.82) is 0 Å². The van der Waals surface area contributed by atoms with Crippen LogP contribution in [0.5, 0.6) is 0 Å². The van der Waals surface area contributed by atoms with Crippen molar-refractivity contribution in [2.45, 2.75) is 26.7 Å². The number of methoxy groups -OCH3 is 1. The monoisotopic (exact) mass is 302 g/mol. The number of hydrogen-bond donors (Lipinski definition) is 0. The predicted octanol–water partition coefficient (Wildman–Crippen LogP) is 2.62. The minimum atomic E-state index is -0.248. The number of hydrogen-bond acceptors (Lipinski definition) is 4. The molecule has 0 atom stereocenters. The molecule has 1 aromatic rings. The van der Waals surface area contributed by atoms with Crippen LogP contribution in [0.2, 0.25) is 0 Å². The maximum atomic E-state index is 11.8. The highest BCUT2D eigenvalue weighted by atomic mass is 16.5. The average Bonchev–Trinajstić information content (AvgIpc) is 2.48. The number of benzene rings is 1. The lowest BCUT2D eigenvalue weighted by molar-refractivity contribution is 0.0599. The van der Waals surface area contributed by atoms with Crippen molar-refractivity contribution in [3.8, 4) is 0 Å². The van der Waals surface area contributed by atoms with Gasteiger partial charge in [-0.3, -0.25) is 0 Å². The lowest BCUT2D eigenvalue weighted by Crippen LogP contribution is -2.60. The summed E-state index contributed by atoms with van der Waals surface area (Å²) in [7, 11) is 3.65. The fourth-order valence-corrected chi connectivity index (χ4v) is 3.82. The third-order valence-corrected chi connectivity index (χ3v) is 5.60. The van der Waals surface area contributed by atoms with E-state index in [1.54, 1.807) is 0 Å². The van der Waals surface area contributed by atoms with Gasteiger partial charge < -0.3 is 14.5 Å². The summed E-state index contributed by atoms with van der Waals surface area (Å²) in [5.74, 6) is -0.248. The van der Waals surface area contributed by atoms with Crippen LogP contribution in [-0.2, 0) is 4.74 Å². The maximum absolute atomic E-state index is 11.8. The first-order valence-electron chi connectivity index (χ1n) is 8.08. The van der Waals surface area contributed by atoms with Crippen LogP contribution >= 0.6 is 0 Å². The third-order valence-electron chi connectivity index (χ3n) is 5.60. The summed E-state index contributed by atoms with van der Waals surface area (Å²) < 4.78 is 4.86. The highest BCUT2D eigenvalue weighted by Gasteiger charge is 2.44. The Balaban J connectivity index is 1.75. The van der Waals surface area contributed by atoms with Gasteiger partial charge in [0.05, 0.1) is 12.7 Å². The van der Waals surface area contributed by atoms with E-state index in [0.717, 1.165) is 18.7 Å². The van der Waals surface area contributed by atoms with E-state index in [1.807, 2.05) is 13.0 Å². The van der Waals surface area contributed by atoms with Crippen LogP contribution in [0.1, 0.15) is 34.3 Å². The maximum Gasteiger partial charge on any atom is 0.338 e. The fraction of sp³-hybridized carbons (Fsp3) is 0.611. The molecule has 2 heterocycles. The zero-order valence-electron chi connectivity index (χ0n) is 14.1. The molecule has 2 aliphatic heterocycles. The van der Waals surface area contributed by atoms with Gasteiger partial charge >= 0.3 is 5.97 Å². The number of esters is 1. The second-order valence-electron chi connectivity index (χ2n) is 7.03. The Morgan fingerprint density at radius 3 is 2.36 bits per heavy atom. The molecule has 2 fully saturated rings. The molecule has 0 amide bonds. The Labute approximate surface area is 133 Å². The topological polar surface area (TPSA) is 32.8 Å². The molecule has 2 aliphatic rings. The number of piperidine rings is 1. The molecule has 0 N–H and O–H groups in total. The molecule has 0 unspecified atom stereocenters. The molecule has 22 heavy (non-hydrogen) atoms. The Hall–Kier alpha value is -1.55. The van der Waals surface area contributed by atoms with E-state index in [1.165, 1.54) is 44.3 Å². The molecule has 2 saturated heterocycles. The van der Waals surface area contributed by atoms with E-state index < -0.39 is 0 Å². The van der Waals surface area contributed by atoms with Crippen molar-refractivity contribution in [2.24, 2.45) is 5.41 Å². The Kier molecular flexibility index (Phi) is 3.89. The van der Waals surface area contributed by atoms with Crippen LogP contribution in [0.15, 0.2) is 12.1 Å².